The van der Waals surface area contributed by atoms with Gasteiger partial charge in [0.05, 0.1) is 34.9 Å². The third-order valence-electron chi connectivity index (χ3n) is 7.45. The molecule has 13 heteroatoms. The standard InChI is InChI=1S/C31H22ClF2N7O3/c32-24-4-2-1-3-23(24)28(29(43)39-21-13-31(33,34)14-21)40(22-10-19(16-36)9-20(11-22)17-37)30(44)25-5-6-27(42)41(25)26-12-18(15-35)7-8-38-26/h1-4,7-12,21,25,28H,5-6,13-14H2,(H,39,43). The highest BCUT2D eigenvalue weighted by atomic mass is 35.5. The Labute approximate surface area is 255 Å². The van der Waals surface area contributed by atoms with Crippen LogP contribution < -0.4 is 15.1 Å². The molecule has 1 saturated heterocycles. The summed E-state index contributed by atoms with van der Waals surface area (Å²) < 4.78 is 27.4. The number of halogens is 3. The summed E-state index contributed by atoms with van der Waals surface area (Å²) in [6.07, 6.45) is 0.112. The molecule has 44 heavy (non-hydrogen) atoms. The molecule has 2 atom stereocenters. The highest BCUT2D eigenvalue weighted by molar-refractivity contribution is 6.31. The van der Waals surface area contributed by atoms with Crippen LogP contribution in [0.15, 0.2) is 60.8 Å². The molecule has 1 aromatic heterocycles. The second kappa shape index (κ2) is 12.1. The first kappa shape index (κ1) is 30.1. The van der Waals surface area contributed by atoms with Crippen molar-refractivity contribution in [2.24, 2.45) is 0 Å². The molecule has 2 fully saturated rings. The lowest BCUT2D eigenvalue weighted by Crippen LogP contribution is -2.56. The number of anilines is 2. The number of carbonyl (C=O) groups is 3. The molecule has 1 saturated carbocycles. The van der Waals surface area contributed by atoms with Crippen LogP contribution in [0.25, 0.3) is 0 Å². The number of amides is 3. The second-order valence-electron chi connectivity index (χ2n) is 10.4. The van der Waals surface area contributed by atoms with Crippen molar-refractivity contribution in [2.75, 3.05) is 9.80 Å². The van der Waals surface area contributed by atoms with E-state index in [1.165, 1.54) is 48.7 Å². The Morgan fingerprint density at radius 2 is 1.68 bits per heavy atom. The lowest BCUT2D eigenvalue weighted by atomic mass is 9.87. The summed E-state index contributed by atoms with van der Waals surface area (Å²) in [6, 6.07) is 15.1. The van der Waals surface area contributed by atoms with Gasteiger partial charge in [0.25, 0.3) is 11.8 Å². The van der Waals surface area contributed by atoms with Gasteiger partial charge >= 0.3 is 0 Å². The molecule has 2 unspecified atom stereocenters. The largest absolute Gasteiger partial charge is 0.351 e. The summed E-state index contributed by atoms with van der Waals surface area (Å²) in [7, 11) is 0. The maximum Gasteiger partial charge on any atom is 0.252 e. The predicted octanol–water partition coefficient (Wildman–Crippen LogP) is 4.53. The van der Waals surface area contributed by atoms with E-state index in [0.29, 0.717) is 0 Å². The molecule has 0 spiro atoms. The Kier molecular flexibility index (Phi) is 8.26. The van der Waals surface area contributed by atoms with Crippen molar-refractivity contribution in [1.82, 2.24) is 10.3 Å². The van der Waals surface area contributed by atoms with Gasteiger partial charge in [-0.15, -0.1) is 0 Å². The van der Waals surface area contributed by atoms with E-state index in [0.717, 1.165) is 9.80 Å². The molecule has 3 amide bonds. The summed E-state index contributed by atoms with van der Waals surface area (Å²) in [5.74, 6) is -4.95. The summed E-state index contributed by atoms with van der Waals surface area (Å²) >= 11 is 6.54. The van der Waals surface area contributed by atoms with Gasteiger partial charge in [-0.25, -0.2) is 13.8 Å². The van der Waals surface area contributed by atoms with Crippen molar-refractivity contribution in [1.29, 1.82) is 15.8 Å². The Morgan fingerprint density at radius 1 is 1.02 bits per heavy atom. The number of nitrogens with one attached hydrogen (secondary N) is 1. The van der Waals surface area contributed by atoms with E-state index >= 15 is 0 Å². The van der Waals surface area contributed by atoms with Crippen LogP contribution in [0.4, 0.5) is 20.3 Å². The number of rotatable bonds is 7. The number of nitrogens with zero attached hydrogens (tertiary/aromatic N) is 6. The van der Waals surface area contributed by atoms with Crippen molar-refractivity contribution in [3.63, 3.8) is 0 Å². The number of pyridine rings is 1. The highest BCUT2D eigenvalue weighted by Crippen LogP contribution is 2.40. The summed E-state index contributed by atoms with van der Waals surface area (Å²) in [6.45, 7) is 0. The first-order chi connectivity index (χ1) is 21.0. The van der Waals surface area contributed by atoms with Crippen LogP contribution in [0.1, 0.15) is 54.0 Å². The molecule has 1 N–H and O–H groups in total. The molecule has 1 aliphatic heterocycles. The number of hydrogen-bond acceptors (Lipinski definition) is 7. The minimum atomic E-state index is -2.94. The number of alkyl halides is 2. The Morgan fingerprint density at radius 3 is 2.30 bits per heavy atom. The van der Waals surface area contributed by atoms with Gasteiger partial charge in [0.2, 0.25) is 11.8 Å². The van der Waals surface area contributed by atoms with Gasteiger partial charge in [0.15, 0.2) is 0 Å². The van der Waals surface area contributed by atoms with Gasteiger partial charge in [0, 0.05) is 47.8 Å². The van der Waals surface area contributed by atoms with E-state index in [-0.39, 0.29) is 51.6 Å². The van der Waals surface area contributed by atoms with Crippen LogP contribution in [0.5, 0.6) is 0 Å². The van der Waals surface area contributed by atoms with Gasteiger partial charge in [0.1, 0.15) is 17.9 Å². The second-order valence-corrected chi connectivity index (χ2v) is 10.8. The molecular formula is C31H22ClF2N7O3. The van der Waals surface area contributed by atoms with Crippen molar-refractivity contribution in [3.05, 3.63) is 88.1 Å². The van der Waals surface area contributed by atoms with Crippen LogP contribution in [0.2, 0.25) is 5.02 Å². The van der Waals surface area contributed by atoms with Crippen molar-refractivity contribution in [2.45, 2.75) is 49.7 Å². The molecule has 2 aliphatic rings. The minimum absolute atomic E-state index is 0.0107. The fraction of sp³-hybridized carbons (Fsp3) is 0.258. The third kappa shape index (κ3) is 5.92. The van der Waals surface area contributed by atoms with Crippen molar-refractivity contribution in [3.8, 4) is 18.2 Å². The maximum atomic E-state index is 14.7. The summed E-state index contributed by atoms with van der Waals surface area (Å²) in [4.78, 5) is 48.1. The maximum absolute atomic E-state index is 14.7. The van der Waals surface area contributed by atoms with Crippen LogP contribution >= 0.6 is 11.6 Å². The molecule has 220 valence electrons. The summed E-state index contributed by atoms with van der Waals surface area (Å²) in [5.41, 5.74) is 0.340. The van der Waals surface area contributed by atoms with Gasteiger partial charge in [-0.05, 0) is 42.8 Å². The smallest absolute Gasteiger partial charge is 0.252 e. The molecule has 3 aromatic rings. The van der Waals surface area contributed by atoms with Gasteiger partial charge in [-0.3, -0.25) is 24.2 Å². The van der Waals surface area contributed by atoms with Crippen LogP contribution in [0, 0.1) is 34.0 Å². The molecule has 2 heterocycles. The van der Waals surface area contributed by atoms with E-state index in [1.54, 1.807) is 12.1 Å². The molecule has 0 bridgehead atoms. The highest BCUT2D eigenvalue weighted by Gasteiger charge is 2.48. The first-order valence-corrected chi connectivity index (χ1v) is 13.8. The monoisotopic (exact) mass is 613 g/mol. The Bertz CT molecular complexity index is 1760. The fourth-order valence-corrected chi connectivity index (χ4v) is 5.64. The molecule has 10 nitrogen and oxygen atoms in total. The fourth-order valence-electron chi connectivity index (χ4n) is 5.41. The Hall–Kier alpha value is -5.38. The number of benzene rings is 2. The van der Waals surface area contributed by atoms with E-state index in [1.807, 2.05) is 18.2 Å². The van der Waals surface area contributed by atoms with Gasteiger partial charge < -0.3 is 5.32 Å². The Balaban J connectivity index is 1.67. The zero-order valence-electron chi connectivity index (χ0n) is 22.9. The number of nitriles is 3. The van der Waals surface area contributed by atoms with Gasteiger partial charge in [-0.2, -0.15) is 15.8 Å². The first-order valence-electron chi connectivity index (χ1n) is 13.4. The molecule has 1 aliphatic carbocycles. The number of carbonyl (C=O) groups excluding carboxylic acids is 3. The van der Waals surface area contributed by atoms with E-state index in [4.69, 9.17) is 11.6 Å². The van der Waals surface area contributed by atoms with E-state index < -0.39 is 54.6 Å². The zero-order valence-corrected chi connectivity index (χ0v) is 23.6. The average molecular weight is 614 g/mol. The average Bonchev–Trinajstić information content (AvgIpc) is 3.39. The van der Waals surface area contributed by atoms with E-state index in [2.05, 4.69) is 10.3 Å². The molecule has 2 aromatic carbocycles. The van der Waals surface area contributed by atoms with Crippen molar-refractivity contribution >= 4 is 40.8 Å². The van der Waals surface area contributed by atoms with Crippen LogP contribution in [0.3, 0.4) is 0 Å². The van der Waals surface area contributed by atoms with E-state index in [9.17, 15) is 39.0 Å². The molecule has 5 rings (SSSR count). The lowest BCUT2D eigenvalue weighted by molar-refractivity contribution is -0.133. The quantitative estimate of drug-likeness (QED) is 0.410. The van der Waals surface area contributed by atoms with Gasteiger partial charge in [-0.1, -0.05) is 29.8 Å². The number of hydrogen-bond donors (Lipinski definition) is 1. The van der Waals surface area contributed by atoms with Crippen LogP contribution in [-0.2, 0) is 14.4 Å². The normalized spacial score (nSPS) is 17.9. The third-order valence-corrected chi connectivity index (χ3v) is 7.80. The molecular weight excluding hydrogens is 592 g/mol. The van der Waals surface area contributed by atoms with Crippen molar-refractivity contribution < 1.29 is 23.2 Å². The molecule has 0 radical (unpaired) electrons. The topological polar surface area (TPSA) is 154 Å². The SMILES string of the molecule is N#Cc1cc(C#N)cc(N(C(=O)C2CCC(=O)N2c2cc(C#N)ccn2)C(C(=O)NC2CC(F)(F)C2)c2ccccc2Cl)c1. The van der Waals surface area contributed by atoms with Crippen LogP contribution in [-0.4, -0.2) is 40.7 Å². The predicted molar refractivity (Wildman–Crippen MR) is 153 cm³/mol. The minimum Gasteiger partial charge on any atom is -0.351 e. The lowest BCUT2D eigenvalue weighted by Gasteiger charge is -2.39. The number of aromatic nitrogens is 1. The summed E-state index contributed by atoms with van der Waals surface area (Å²) in [5, 5.41) is 31.4. The zero-order chi connectivity index (χ0) is 31.6.